The van der Waals surface area contributed by atoms with Crippen molar-refractivity contribution in [2.24, 2.45) is 0 Å². The molecule has 1 aliphatic rings. The number of benzene rings is 2. The Kier molecular flexibility index (Phi) is 4.98. The van der Waals surface area contributed by atoms with E-state index in [9.17, 15) is 26.0 Å². The van der Waals surface area contributed by atoms with Crippen molar-refractivity contribution in [3.8, 4) is 0 Å². The molecular weight excluding hydrogens is 420 g/mol. The first-order chi connectivity index (χ1) is 14.1. The maximum atomic E-state index is 13.3. The van der Waals surface area contributed by atoms with Crippen LogP contribution in [0.15, 0.2) is 59.6 Å². The number of likely N-dealkylation sites (N-methyl/N-ethyl adjacent to an activating group) is 1. The number of fused-ring (bicyclic) bond motifs is 1. The van der Waals surface area contributed by atoms with Crippen LogP contribution in [-0.2, 0) is 16.2 Å². The fourth-order valence-electron chi connectivity index (χ4n) is 3.57. The average Bonchev–Trinajstić information content (AvgIpc) is 3.08. The number of hydrogen-bond donors (Lipinski definition) is 0. The second-order valence-electron chi connectivity index (χ2n) is 7.27. The van der Waals surface area contributed by atoms with Crippen molar-refractivity contribution >= 4 is 26.5 Å². The van der Waals surface area contributed by atoms with E-state index in [4.69, 9.17) is 0 Å². The number of nitrogens with zero attached hydrogens (tertiary/aromatic N) is 2. The molecule has 30 heavy (non-hydrogen) atoms. The smallest absolute Gasteiger partial charge is 0.302 e. The molecule has 158 valence electrons. The number of rotatable bonds is 3. The van der Waals surface area contributed by atoms with E-state index in [0.717, 1.165) is 52.0 Å². The lowest BCUT2D eigenvalue weighted by Crippen LogP contribution is -2.23. The normalized spacial score (nSPS) is 16.1. The van der Waals surface area contributed by atoms with E-state index in [0.29, 0.717) is 25.1 Å². The van der Waals surface area contributed by atoms with Gasteiger partial charge in [0.2, 0.25) is 0 Å². The molecule has 3 aromatic rings. The van der Waals surface area contributed by atoms with E-state index < -0.39 is 27.6 Å². The highest BCUT2D eigenvalue weighted by molar-refractivity contribution is 7.90. The van der Waals surface area contributed by atoms with E-state index in [1.54, 1.807) is 0 Å². The Balaban J connectivity index is 1.96. The molecule has 0 aliphatic carbocycles. The first kappa shape index (κ1) is 20.6. The molecule has 0 amide bonds. The van der Waals surface area contributed by atoms with E-state index in [2.05, 4.69) is 4.90 Å². The van der Waals surface area contributed by atoms with Crippen LogP contribution in [0.25, 0.3) is 16.5 Å². The minimum Gasteiger partial charge on any atom is -0.302 e. The molecule has 9 heteroatoms. The van der Waals surface area contributed by atoms with Gasteiger partial charge in [-0.3, -0.25) is 0 Å². The Morgan fingerprint density at radius 1 is 1.03 bits per heavy atom. The molecule has 2 heterocycles. The van der Waals surface area contributed by atoms with Gasteiger partial charge in [-0.15, -0.1) is 0 Å². The lowest BCUT2D eigenvalue weighted by atomic mass is 9.98. The Hall–Kier alpha value is -2.65. The SMILES string of the molecule is CN1CC=C(c2cn(S(=O)(=O)c3ccc(F)cc3)c3ccc(C(F)(F)F)cc23)CC1. The van der Waals surface area contributed by atoms with Crippen molar-refractivity contribution in [1.29, 1.82) is 0 Å². The lowest BCUT2D eigenvalue weighted by molar-refractivity contribution is -0.137. The van der Waals surface area contributed by atoms with Gasteiger partial charge in [0.15, 0.2) is 0 Å². The maximum Gasteiger partial charge on any atom is 0.416 e. The molecule has 0 spiro atoms. The molecule has 4 rings (SSSR count). The Morgan fingerprint density at radius 3 is 2.33 bits per heavy atom. The standard InChI is InChI=1S/C21H18F4N2O2S/c1-26-10-8-14(9-11-26)19-13-27(30(28,29)17-5-3-16(22)4-6-17)20-7-2-15(12-18(19)20)21(23,24)25/h2-8,12-13H,9-11H2,1H3. The molecule has 0 bridgehead atoms. The molecule has 0 N–H and O–H groups in total. The van der Waals surface area contributed by atoms with Crippen LogP contribution in [0, 0.1) is 5.82 Å². The predicted molar refractivity (Wildman–Crippen MR) is 106 cm³/mol. The van der Waals surface area contributed by atoms with Crippen molar-refractivity contribution in [3.63, 3.8) is 0 Å². The van der Waals surface area contributed by atoms with E-state index in [-0.39, 0.29) is 15.8 Å². The summed E-state index contributed by atoms with van der Waals surface area (Å²) in [4.78, 5) is 1.91. The Bertz CT molecular complexity index is 1240. The highest BCUT2D eigenvalue weighted by atomic mass is 32.2. The molecule has 0 saturated heterocycles. The third-order valence-corrected chi connectivity index (χ3v) is 6.91. The summed E-state index contributed by atoms with van der Waals surface area (Å²) in [5.41, 5.74) is 0.546. The Labute approximate surface area is 171 Å². The number of aromatic nitrogens is 1. The van der Waals surface area contributed by atoms with Crippen molar-refractivity contribution in [3.05, 3.63) is 71.7 Å². The van der Waals surface area contributed by atoms with Crippen LogP contribution >= 0.6 is 0 Å². The molecule has 0 atom stereocenters. The minimum absolute atomic E-state index is 0.141. The highest BCUT2D eigenvalue weighted by Gasteiger charge is 2.32. The quantitative estimate of drug-likeness (QED) is 0.554. The first-order valence-corrected chi connectivity index (χ1v) is 10.6. The fraction of sp³-hybridized carbons (Fsp3) is 0.238. The second kappa shape index (κ2) is 7.24. The molecule has 0 radical (unpaired) electrons. The van der Waals surface area contributed by atoms with Crippen molar-refractivity contribution in [1.82, 2.24) is 8.87 Å². The monoisotopic (exact) mass is 438 g/mol. The van der Waals surface area contributed by atoms with Crippen LogP contribution in [0.5, 0.6) is 0 Å². The minimum atomic E-state index is -4.55. The third kappa shape index (κ3) is 3.63. The van der Waals surface area contributed by atoms with E-state index in [1.165, 1.54) is 6.20 Å². The maximum absolute atomic E-state index is 13.3. The van der Waals surface area contributed by atoms with Gasteiger partial charge in [0.1, 0.15) is 5.82 Å². The van der Waals surface area contributed by atoms with Crippen molar-refractivity contribution in [2.45, 2.75) is 17.5 Å². The summed E-state index contributed by atoms with van der Waals surface area (Å²) >= 11 is 0. The zero-order valence-electron chi connectivity index (χ0n) is 15.9. The van der Waals surface area contributed by atoms with Gasteiger partial charge in [-0.25, -0.2) is 16.8 Å². The van der Waals surface area contributed by atoms with Crippen LogP contribution in [-0.4, -0.2) is 37.4 Å². The fourth-order valence-corrected chi connectivity index (χ4v) is 4.94. The molecule has 0 unspecified atom stereocenters. The zero-order valence-corrected chi connectivity index (χ0v) is 16.8. The van der Waals surface area contributed by atoms with E-state index in [1.807, 2.05) is 13.1 Å². The largest absolute Gasteiger partial charge is 0.416 e. The molecule has 1 aromatic heterocycles. The second-order valence-corrected chi connectivity index (χ2v) is 9.08. The summed E-state index contributed by atoms with van der Waals surface area (Å²) < 4.78 is 80.5. The van der Waals surface area contributed by atoms with E-state index >= 15 is 0 Å². The van der Waals surface area contributed by atoms with Gasteiger partial charge in [0.25, 0.3) is 10.0 Å². The average molecular weight is 438 g/mol. The summed E-state index contributed by atoms with van der Waals surface area (Å²) in [6.45, 7) is 1.33. The number of halogens is 4. The van der Waals surface area contributed by atoms with Crippen molar-refractivity contribution in [2.75, 3.05) is 20.1 Å². The summed E-state index contributed by atoms with van der Waals surface area (Å²) in [6, 6.07) is 7.34. The topological polar surface area (TPSA) is 42.3 Å². The molecule has 1 aliphatic heterocycles. The molecule has 0 fully saturated rings. The van der Waals surface area contributed by atoms with Crippen LogP contribution in [0.4, 0.5) is 17.6 Å². The van der Waals surface area contributed by atoms with Gasteiger partial charge in [-0.05, 0) is 61.5 Å². The van der Waals surface area contributed by atoms with Crippen molar-refractivity contribution < 1.29 is 26.0 Å². The number of hydrogen-bond acceptors (Lipinski definition) is 3. The van der Waals surface area contributed by atoms with Gasteiger partial charge in [0.05, 0.1) is 16.0 Å². The van der Waals surface area contributed by atoms with Crippen LogP contribution in [0.1, 0.15) is 17.5 Å². The summed E-state index contributed by atoms with van der Waals surface area (Å²) in [5, 5.41) is 0.214. The molecule has 4 nitrogen and oxygen atoms in total. The van der Waals surface area contributed by atoms with Gasteiger partial charge in [-0.2, -0.15) is 13.2 Å². The molecule has 2 aromatic carbocycles. The van der Waals surface area contributed by atoms with Gasteiger partial charge >= 0.3 is 6.18 Å². The summed E-state index contributed by atoms with van der Waals surface area (Å²) in [6.07, 6.45) is -0.707. The summed E-state index contributed by atoms with van der Waals surface area (Å²) in [5.74, 6) is -0.585. The van der Waals surface area contributed by atoms with Gasteiger partial charge in [0, 0.05) is 30.2 Å². The predicted octanol–water partition coefficient (Wildman–Crippen LogP) is 4.76. The van der Waals surface area contributed by atoms with Gasteiger partial charge in [-0.1, -0.05) is 6.08 Å². The Morgan fingerprint density at radius 2 is 1.73 bits per heavy atom. The lowest BCUT2D eigenvalue weighted by Gasteiger charge is -2.21. The number of alkyl halides is 3. The van der Waals surface area contributed by atoms with Crippen LogP contribution in [0.2, 0.25) is 0 Å². The highest BCUT2D eigenvalue weighted by Crippen LogP contribution is 2.37. The van der Waals surface area contributed by atoms with Gasteiger partial charge < -0.3 is 4.90 Å². The van der Waals surface area contributed by atoms with Crippen LogP contribution < -0.4 is 0 Å². The third-order valence-electron chi connectivity index (χ3n) is 5.23. The summed E-state index contributed by atoms with van der Waals surface area (Å²) in [7, 11) is -2.20. The van der Waals surface area contributed by atoms with Crippen LogP contribution in [0.3, 0.4) is 0 Å². The molecule has 0 saturated carbocycles. The molecular formula is C21H18F4N2O2S. The zero-order chi connectivity index (χ0) is 21.7. The first-order valence-electron chi connectivity index (χ1n) is 9.19.